The number of carbonyl (C=O) groups is 3. The summed E-state index contributed by atoms with van der Waals surface area (Å²) in [6.07, 6.45) is 0.432. The highest BCUT2D eigenvalue weighted by Crippen LogP contribution is 2.29. The fourth-order valence-electron chi connectivity index (χ4n) is 2.36. The molecule has 0 fully saturated rings. The fourth-order valence-corrected chi connectivity index (χ4v) is 3.35. The molecule has 0 aliphatic heterocycles. The maximum absolute atomic E-state index is 13.9. The molecule has 0 bridgehead atoms. The van der Waals surface area contributed by atoms with Crippen LogP contribution in [0.4, 0.5) is 9.18 Å². The molecule has 0 radical (unpaired) electrons. The first-order valence-electron chi connectivity index (χ1n) is 8.09. The second kappa shape index (κ2) is 9.08. The number of amides is 3. The van der Waals surface area contributed by atoms with Gasteiger partial charge in [-0.15, -0.1) is 11.3 Å². The molecule has 2 rings (SSSR count). The number of thiazole rings is 1. The number of aromatic nitrogens is 1. The Morgan fingerprint density at radius 1 is 1.33 bits per heavy atom. The number of carbonyl (C=O) groups excluding carboxylic acids is 2. The SMILES string of the molecule is Cc1nc(-c2ccccc2F)sc1C(=O)N[C@@H](CCCNC(N)=O)C(=O)O. The molecule has 1 heterocycles. The van der Waals surface area contributed by atoms with E-state index in [1.54, 1.807) is 25.1 Å². The Bertz CT molecular complexity index is 855. The van der Waals surface area contributed by atoms with Crippen LogP contribution in [-0.4, -0.2) is 40.6 Å². The highest BCUT2D eigenvalue weighted by Gasteiger charge is 2.24. The summed E-state index contributed by atoms with van der Waals surface area (Å²) < 4.78 is 13.9. The normalized spacial score (nSPS) is 11.6. The number of halogens is 1. The summed E-state index contributed by atoms with van der Waals surface area (Å²) in [5.74, 6) is -2.25. The first-order chi connectivity index (χ1) is 12.8. The van der Waals surface area contributed by atoms with Crippen LogP contribution in [0, 0.1) is 12.7 Å². The van der Waals surface area contributed by atoms with Gasteiger partial charge in [-0.05, 0) is 31.9 Å². The first-order valence-corrected chi connectivity index (χ1v) is 8.90. The van der Waals surface area contributed by atoms with Crippen molar-refractivity contribution < 1.29 is 23.9 Å². The van der Waals surface area contributed by atoms with E-state index in [0.29, 0.717) is 17.1 Å². The molecule has 27 heavy (non-hydrogen) atoms. The summed E-state index contributed by atoms with van der Waals surface area (Å²) in [6.45, 7) is 1.80. The standard InChI is InChI=1S/C17H19FN4O4S/c1-9-13(27-15(21-9)10-5-2-3-6-11(10)18)14(23)22-12(16(24)25)7-4-8-20-17(19)26/h2-3,5-6,12H,4,7-8H2,1H3,(H,22,23)(H,24,25)(H3,19,20,26)/t12-/m0/s1. The number of benzene rings is 1. The van der Waals surface area contributed by atoms with Crippen LogP contribution in [-0.2, 0) is 4.79 Å². The molecule has 10 heteroatoms. The minimum absolute atomic E-state index is 0.110. The van der Waals surface area contributed by atoms with E-state index in [0.717, 1.165) is 11.3 Å². The van der Waals surface area contributed by atoms with E-state index in [9.17, 15) is 23.9 Å². The average Bonchev–Trinajstić information content (AvgIpc) is 2.99. The van der Waals surface area contributed by atoms with Crippen molar-refractivity contribution in [2.24, 2.45) is 5.73 Å². The first kappa shape index (κ1) is 20.3. The monoisotopic (exact) mass is 394 g/mol. The molecular formula is C17H19FN4O4S. The molecule has 1 aromatic carbocycles. The minimum atomic E-state index is -1.20. The van der Waals surface area contributed by atoms with Crippen LogP contribution in [0.5, 0.6) is 0 Å². The Balaban J connectivity index is 2.08. The number of hydrogen-bond acceptors (Lipinski definition) is 5. The molecule has 0 aliphatic carbocycles. The lowest BCUT2D eigenvalue weighted by Gasteiger charge is -2.14. The van der Waals surface area contributed by atoms with E-state index in [4.69, 9.17) is 5.73 Å². The van der Waals surface area contributed by atoms with Crippen molar-refractivity contribution in [3.05, 3.63) is 40.7 Å². The van der Waals surface area contributed by atoms with Crippen molar-refractivity contribution in [1.29, 1.82) is 0 Å². The second-order valence-corrected chi connectivity index (χ2v) is 6.71. The summed E-state index contributed by atoms with van der Waals surface area (Å²) in [7, 11) is 0. The Kier molecular flexibility index (Phi) is 6.83. The van der Waals surface area contributed by atoms with Crippen LogP contribution in [0.25, 0.3) is 10.6 Å². The van der Waals surface area contributed by atoms with Crippen LogP contribution in [0.3, 0.4) is 0 Å². The fraction of sp³-hybridized carbons (Fsp3) is 0.294. The smallest absolute Gasteiger partial charge is 0.326 e. The number of aliphatic carboxylic acids is 1. The molecule has 3 amide bonds. The number of nitrogens with zero attached hydrogens (tertiary/aromatic N) is 1. The minimum Gasteiger partial charge on any atom is -0.480 e. The average molecular weight is 394 g/mol. The van der Waals surface area contributed by atoms with Crippen molar-refractivity contribution in [1.82, 2.24) is 15.6 Å². The van der Waals surface area contributed by atoms with Crippen molar-refractivity contribution >= 4 is 29.2 Å². The summed E-state index contributed by atoms with van der Waals surface area (Å²) in [6, 6.07) is 4.23. The van der Waals surface area contributed by atoms with Gasteiger partial charge in [-0.3, -0.25) is 4.79 Å². The van der Waals surface area contributed by atoms with E-state index in [1.807, 2.05) is 0 Å². The van der Waals surface area contributed by atoms with Crippen LogP contribution in [0.1, 0.15) is 28.2 Å². The van der Waals surface area contributed by atoms with Crippen molar-refractivity contribution in [3.63, 3.8) is 0 Å². The predicted octanol–water partition coefficient (Wildman–Crippen LogP) is 1.89. The Hall–Kier alpha value is -3.01. The number of carboxylic acids is 1. The molecule has 0 aliphatic rings. The molecule has 0 saturated carbocycles. The lowest BCUT2D eigenvalue weighted by atomic mass is 10.1. The number of rotatable bonds is 8. The van der Waals surface area contributed by atoms with Crippen molar-refractivity contribution in [3.8, 4) is 10.6 Å². The third-order valence-corrected chi connectivity index (χ3v) is 4.87. The van der Waals surface area contributed by atoms with Gasteiger partial charge in [-0.2, -0.15) is 0 Å². The quantitative estimate of drug-likeness (QED) is 0.507. The molecule has 2 aromatic rings. The van der Waals surface area contributed by atoms with Gasteiger partial charge < -0.3 is 21.5 Å². The molecule has 1 atom stereocenters. The summed E-state index contributed by atoms with van der Waals surface area (Å²) >= 11 is 0.991. The van der Waals surface area contributed by atoms with Gasteiger partial charge in [0.05, 0.1) is 5.69 Å². The number of carboxylic acid groups (broad SMARTS) is 1. The van der Waals surface area contributed by atoms with Crippen LogP contribution in [0.2, 0.25) is 0 Å². The lowest BCUT2D eigenvalue weighted by molar-refractivity contribution is -0.139. The van der Waals surface area contributed by atoms with Gasteiger partial charge in [0.2, 0.25) is 0 Å². The second-order valence-electron chi connectivity index (χ2n) is 5.71. The highest BCUT2D eigenvalue weighted by atomic mass is 32.1. The lowest BCUT2D eigenvalue weighted by Crippen LogP contribution is -2.41. The van der Waals surface area contributed by atoms with E-state index in [-0.39, 0.29) is 23.4 Å². The van der Waals surface area contributed by atoms with Gasteiger partial charge >= 0.3 is 12.0 Å². The third-order valence-electron chi connectivity index (χ3n) is 3.68. The van der Waals surface area contributed by atoms with Crippen LogP contribution >= 0.6 is 11.3 Å². The van der Waals surface area contributed by atoms with Crippen LogP contribution < -0.4 is 16.4 Å². The number of urea groups is 1. The zero-order chi connectivity index (χ0) is 20.0. The summed E-state index contributed by atoms with van der Waals surface area (Å²) in [5.41, 5.74) is 5.59. The molecule has 0 unspecified atom stereocenters. The maximum atomic E-state index is 13.9. The van der Waals surface area contributed by atoms with Gasteiger partial charge in [-0.25, -0.2) is 19.0 Å². The molecule has 144 valence electrons. The molecule has 8 nitrogen and oxygen atoms in total. The van der Waals surface area contributed by atoms with Gasteiger partial charge in [0.25, 0.3) is 5.91 Å². The number of aryl methyl sites for hydroxylation is 1. The van der Waals surface area contributed by atoms with E-state index in [1.165, 1.54) is 6.07 Å². The Morgan fingerprint density at radius 3 is 2.67 bits per heavy atom. The molecule has 1 aromatic heterocycles. The van der Waals surface area contributed by atoms with E-state index < -0.39 is 29.8 Å². The zero-order valence-corrected chi connectivity index (χ0v) is 15.3. The Morgan fingerprint density at radius 2 is 2.04 bits per heavy atom. The number of primary amides is 1. The zero-order valence-electron chi connectivity index (χ0n) is 14.5. The topological polar surface area (TPSA) is 134 Å². The third kappa shape index (κ3) is 5.48. The van der Waals surface area contributed by atoms with Crippen molar-refractivity contribution in [2.45, 2.75) is 25.8 Å². The largest absolute Gasteiger partial charge is 0.480 e. The Labute approximate surface area is 158 Å². The molecule has 0 spiro atoms. The molecular weight excluding hydrogens is 375 g/mol. The maximum Gasteiger partial charge on any atom is 0.326 e. The molecule has 5 N–H and O–H groups in total. The number of hydrogen-bond donors (Lipinski definition) is 4. The number of nitrogens with one attached hydrogen (secondary N) is 2. The molecule has 0 saturated heterocycles. The summed E-state index contributed by atoms with van der Waals surface area (Å²) in [4.78, 5) is 38.9. The van der Waals surface area contributed by atoms with Gasteiger partial charge in [0, 0.05) is 12.1 Å². The van der Waals surface area contributed by atoms with Crippen molar-refractivity contribution in [2.75, 3.05) is 6.54 Å². The van der Waals surface area contributed by atoms with Gasteiger partial charge in [0.15, 0.2) is 0 Å². The number of nitrogens with two attached hydrogens (primary N) is 1. The highest BCUT2D eigenvalue weighted by molar-refractivity contribution is 7.17. The van der Waals surface area contributed by atoms with E-state index in [2.05, 4.69) is 15.6 Å². The predicted molar refractivity (Wildman–Crippen MR) is 98.0 cm³/mol. The summed E-state index contributed by atoms with van der Waals surface area (Å²) in [5, 5.41) is 14.4. The van der Waals surface area contributed by atoms with Gasteiger partial charge in [0.1, 0.15) is 21.7 Å². The van der Waals surface area contributed by atoms with Gasteiger partial charge in [-0.1, -0.05) is 12.1 Å². The van der Waals surface area contributed by atoms with Crippen LogP contribution in [0.15, 0.2) is 24.3 Å². The van der Waals surface area contributed by atoms with E-state index >= 15 is 0 Å².